The third-order valence-corrected chi connectivity index (χ3v) is 7.42. The molecule has 0 bridgehead atoms. The molecule has 3 aromatic rings. The maximum absolute atomic E-state index is 15.3. The zero-order valence-corrected chi connectivity index (χ0v) is 19.6. The SMILES string of the molecule is C=CC1CCC(CCc2ccc(-c3ccc4cc(CCCCC)ccc4c3F)cc2)CC1. The van der Waals surface area contributed by atoms with Crippen LogP contribution >= 0.6 is 0 Å². The average Bonchev–Trinajstić information content (AvgIpc) is 2.84. The minimum Gasteiger partial charge on any atom is -0.206 e. The Labute approximate surface area is 193 Å². The molecule has 1 heteroatoms. The van der Waals surface area contributed by atoms with E-state index in [9.17, 15) is 0 Å². The van der Waals surface area contributed by atoms with Crippen LogP contribution < -0.4 is 0 Å². The Bertz CT molecular complexity index is 1020. The van der Waals surface area contributed by atoms with E-state index in [1.54, 1.807) is 0 Å². The summed E-state index contributed by atoms with van der Waals surface area (Å²) in [7, 11) is 0. The number of hydrogen-bond donors (Lipinski definition) is 0. The Morgan fingerprint density at radius 2 is 1.62 bits per heavy atom. The van der Waals surface area contributed by atoms with Gasteiger partial charge in [-0.25, -0.2) is 4.39 Å². The van der Waals surface area contributed by atoms with Crippen molar-refractivity contribution < 1.29 is 4.39 Å². The van der Waals surface area contributed by atoms with Crippen LogP contribution in [0.15, 0.2) is 67.3 Å². The molecule has 0 aromatic heterocycles. The fourth-order valence-corrected chi connectivity index (χ4v) is 5.23. The van der Waals surface area contributed by atoms with E-state index in [0.717, 1.165) is 41.0 Å². The van der Waals surface area contributed by atoms with Gasteiger partial charge in [-0.05, 0) is 85.3 Å². The monoisotopic (exact) mass is 428 g/mol. The maximum atomic E-state index is 15.3. The zero-order valence-electron chi connectivity index (χ0n) is 19.6. The Morgan fingerprint density at radius 1 is 0.875 bits per heavy atom. The molecule has 0 spiro atoms. The summed E-state index contributed by atoms with van der Waals surface area (Å²) < 4.78 is 15.3. The first-order valence-electron chi connectivity index (χ1n) is 12.6. The molecular weight excluding hydrogens is 391 g/mol. The Kier molecular flexibility index (Phi) is 7.79. The molecule has 1 fully saturated rings. The Hall–Kier alpha value is -2.41. The maximum Gasteiger partial charge on any atom is 0.138 e. The highest BCUT2D eigenvalue weighted by Gasteiger charge is 2.19. The van der Waals surface area contributed by atoms with Crippen LogP contribution in [-0.2, 0) is 12.8 Å². The van der Waals surface area contributed by atoms with Crippen molar-refractivity contribution in [3.8, 4) is 11.1 Å². The van der Waals surface area contributed by atoms with Crippen LogP contribution in [0.3, 0.4) is 0 Å². The summed E-state index contributed by atoms with van der Waals surface area (Å²) in [6, 6.07) is 18.8. The zero-order chi connectivity index (χ0) is 22.3. The average molecular weight is 429 g/mol. The minimum atomic E-state index is -0.102. The van der Waals surface area contributed by atoms with E-state index < -0.39 is 0 Å². The van der Waals surface area contributed by atoms with Crippen molar-refractivity contribution in [1.29, 1.82) is 0 Å². The lowest BCUT2D eigenvalue weighted by molar-refractivity contribution is 0.296. The van der Waals surface area contributed by atoms with Gasteiger partial charge in [-0.1, -0.05) is 80.4 Å². The fourth-order valence-electron chi connectivity index (χ4n) is 5.23. The number of hydrogen-bond acceptors (Lipinski definition) is 0. The third-order valence-electron chi connectivity index (χ3n) is 7.42. The highest BCUT2D eigenvalue weighted by Crippen LogP contribution is 2.33. The topological polar surface area (TPSA) is 0 Å². The molecule has 0 unspecified atom stereocenters. The first kappa shape index (κ1) is 22.8. The van der Waals surface area contributed by atoms with Crippen LogP contribution in [-0.4, -0.2) is 0 Å². The summed E-state index contributed by atoms with van der Waals surface area (Å²) in [6.45, 7) is 6.17. The summed E-state index contributed by atoms with van der Waals surface area (Å²) >= 11 is 0. The molecular formula is C31H37F. The second-order valence-corrected chi connectivity index (χ2v) is 9.69. The van der Waals surface area contributed by atoms with Crippen LogP contribution in [0.25, 0.3) is 21.9 Å². The van der Waals surface area contributed by atoms with E-state index in [1.807, 2.05) is 12.1 Å². The molecule has 0 amide bonds. The van der Waals surface area contributed by atoms with Crippen molar-refractivity contribution in [2.45, 2.75) is 71.1 Å². The molecule has 32 heavy (non-hydrogen) atoms. The second-order valence-electron chi connectivity index (χ2n) is 9.69. The number of rotatable bonds is 9. The normalized spacial score (nSPS) is 18.7. The number of halogens is 1. The van der Waals surface area contributed by atoms with Gasteiger partial charge in [0.05, 0.1) is 0 Å². The molecule has 0 atom stereocenters. The lowest BCUT2D eigenvalue weighted by atomic mass is 9.79. The predicted molar refractivity (Wildman–Crippen MR) is 137 cm³/mol. The van der Waals surface area contributed by atoms with Crippen LogP contribution in [0.4, 0.5) is 4.39 Å². The molecule has 1 aliphatic carbocycles. The summed E-state index contributed by atoms with van der Waals surface area (Å²) in [5.74, 6) is 1.47. The van der Waals surface area contributed by atoms with Gasteiger partial charge in [0.15, 0.2) is 0 Å². The Morgan fingerprint density at radius 3 is 2.34 bits per heavy atom. The first-order valence-corrected chi connectivity index (χ1v) is 12.6. The fraction of sp³-hybridized carbons (Fsp3) is 0.419. The highest BCUT2D eigenvalue weighted by atomic mass is 19.1. The summed E-state index contributed by atoms with van der Waals surface area (Å²) in [5, 5.41) is 1.73. The third kappa shape index (κ3) is 5.49. The minimum absolute atomic E-state index is 0.102. The van der Waals surface area contributed by atoms with E-state index in [0.29, 0.717) is 5.56 Å². The number of fused-ring (bicyclic) bond motifs is 1. The van der Waals surface area contributed by atoms with E-state index in [-0.39, 0.29) is 5.82 Å². The van der Waals surface area contributed by atoms with Gasteiger partial charge in [0.25, 0.3) is 0 Å². The lowest BCUT2D eigenvalue weighted by Gasteiger charge is -2.26. The van der Waals surface area contributed by atoms with Crippen molar-refractivity contribution in [3.05, 3.63) is 84.2 Å². The van der Waals surface area contributed by atoms with Crippen LogP contribution in [0.5, 0.6) is 0 Å². The molecule has 1 aliphatic rings. The van der Waals surface area contributed by atoms with Gasteiger partial charge in [-0.15, -0.1) is 6.58 Å². The van der Waals surface area contributed by atoms with Crippen molar-refractivity contribution in [2.75, 3.05) is 0 Å². The lowest BCUT2D eigenvalue weighted by Crippen LogP contribution is -2.13. The van der Waals surface area contributed by atoms with Gasteiger partial charge in [0.2, 0.25) is 0 Å². The smallest absolute Gasteiger partial charge is 0.138 e. The first-order chi connectivity index (χ1) is 15.7. The predicted octanol–water partition coefficient (Wildman–Crippen LogP) is 9.30. The molecule has 0 radical (unpaired) electrons. The summed E-state index contributed by atoms with van der Waals surface area (Å²) in [4.78, 5) is 0. The molecule has 0 saturated heterocycles. The van der Waals surface area contributed by atoms with Gasteiger partial charge >= 0.3 is 0 Å². The molecule has 0 heterocycles. The quantitative estimate of drug-likeness (QED) is 0.235. The summed E-state index contributed by atoms with van der Waals surface area (Å²) in [5.41, 5.74) is 4.33. The van der Waals surface area contributed by atoms with Gasteiger partial charge in [-0.2, -0.15) is 0 Å². The molecule has 168 valence electrons. The number of allylic oxidation sites excluding steroid dienone is 1. The number of unbranched alkanes of at least 4 members (excludes halogenated alkanes) is 2. The number of benzene rings is 3. The largest absolute Gasteiger partial charge is 0.206 e. The summed E-state index contributed by atoms with van der Waals surface area (Å²) in [6.07, 6.45) is 14.5. The molecule has 3 aromatic carbocycles. The van der Waals surface area contributed by atoms with Crippen LogP contribution in [0, 0.1) is 17.7 Å². The van der Waals surface area contributed by atoms with Crippen molar-refractivity contribution in [3.63, 3.8) is 0 Å². The Balaban J connectivity index is 1.41. The second kappa shape index (κ2) is 10.9. The van der Waals surface area contributed by atoms with E-state index in [2.05, 4.69) is 62.0 Å². The van der Waals surface area contributed by atoms with Crippen LogP contribution in [0.2, 0.25) is 0 Å². The van der Waals surface area contributed by atoms with Gasteiger partial charge in [-0.3, -0.25) is 0 Å². The molecule has 0 aliphatic heterocycles. The van der Waals surface area contributed by atoms with Crippen molar-refractivity contribution >= 4 is 10.8 Å². The highest BCUT2D eigenvalue weighted by molar-refractivity contribution is 5.88. The molecule has 0 N–H and O–H groups in total. The van der Waals surface area contributed by atoms with Gasteiger partial charge in [0, 0.05) is 10.9 Å². The van der Waals surface area contributed by atoms with E-state index in [4.69, 9.17) is 0 Å². The van der Waals surface area contributed by atoms with E-state index in [1.165, 1.54) is 62.5 Å². The molecule has 4 rings (SSSR count). The van der Waals surface area contributed by atoms with Crippen molar-refractivity contribution in [2.24, 2.45) is 11.8 Å². The van der Waals surface area contributed by atoms with Crippen molar-refractivity contribution in [1.82, 2.24) is 0 Å². The van der Waals surface area contributed by atoms with Gasteiger partial charge in [0.1, 0.15) is 5.82 Å². The standard InChI is InChI=1S/C31H37F/c1-3-5-6-7-26-16-20-30-28(22-26)19-21-29(31(30)32)27-17-14-25(15-18-27)13-12-24-10-8-23(4-2)9-11-24/h4,14-24H,2-3,5-13H2,1H3. The van der Waals surface area contributed by atoms with E-state index >= 15 is 4.39 Å². The van der Waals surface area contributed by atoms with Crippen LogP contribution in [0.1, 0.15) is 69.4 Å². The van der Waals surface area contributed by atoms with Gasteiger partial charge < -0.3 is 0 Å². The number of aryl methyl sites for hydroxylation is 2. The molecule has 1 saturated carbocycles. The molecule has 0 nitrogen and oxygen atoms in total.